The molecule has 0 amide bonds. The third-order valence-electron chi connectivity index (χ3n) is 14.6. The average Bonchev–Trinajstić information content (AvgIpc) is 3.79. The summed E-state index contributed by atoms with van der Waals surface area (Å²) in [5.74, 6) is 1.42. The van der Waals surface area contributed by atoms with Crippen LogP contribution in [0.3, 0.4) is 0 Å². The molecule has 9 aliphatic rings. The van der Waals surface area contributed by atoms with Gasteiger partial charge in [0, 0.05) is 5.92 Å². The molecular formula is C32H54FeN8O6S2. The fourth-order valence-corrected chi connectivity index (χ4v) is 15.7. The van der Waals surface area contributed by atoms with Crippen LogP contribution in [-0.4, -0.2) is 85.8 Å². The van der Waals surface area contributed by atoms with E-state index in [1.54, 1.807) is 0 Å². The molecule has 5 heterocycles. The Labute approximate surface area is 301 Å². The van der Waals surface area contributed by atoms with Crippen molar-refractivity contribution < 1.29 is 43.0 Å². The van der Waals surface area contributed by atoms with Crippen molar-refractivity contribution in [1.29, 1.82) is 0 Å². The Hall–Kier alpha value is 0.0195. The van der Waals surface area contributed by atoms with Gasteiger partial charge in [-0.3, -0.25) is 42.5 Å². The molecule has 4 saturated carbocycles. The van der Waals surface area contributed by atoms with Gasteiger partial charge in [-0.2, -0.15) is 0 Å². The van der Waals surface area contributed by atoms with E-state index < -0.39 is 42.8 Å². The van der Waals surface area contributed by atoms with Crippen molar-refractivity contribution in [1.82, 2.24) is 42.5 Å². The first-order valence-corrected chi connectivity index (χ1v) is 22.0. The summed E-state index contributed by atoms with van der Waals surface area (Å²) in [6, 6.07) is 0. The van der Waals surface area contributed by atoms with E-state index in [2.05, 4.69) is 42.5 Å². The zero-order chi connectivity index (χ0) is 32.9. The van der Waals surface area contributed by atoms with Gasteiger partial charge >= 0.3 is 17.1 Å². The molecule has 0 spiro atoms. The van der Waals surface area contributed by atoms with Crippen LogP contribution in [0.4, 0.5) is 0 Å². The normalized spacial score (nSPS) is 52.7. The van der Waals surface area contributed by atoms with Crippen molar-refractivity contribution in [3.05, 3.63) is 0 Å². The largest absolute Gasteiger partial charge is 2.00 e. The summed E-state index contributed by atoms with van der Waals surface area (Å²) < 4.78 is 76.3. The maximum atomic E-state index is 13.0. The molecule has 18 atom stereocenters. The van der Waals surface area contributed by atoms with Gasteiger partial charge in [0.1, 0.15) is 0 Å². The van der Waals surface area contributed by atoms with Gasteiger partial charge in [0.05, 0.1) is 80.1 Å². The van der Waals surface area contributed by atoms with Crippen molar-refractivity contribution in [3.8, 4) is 0 Å². The quantitative estimate of drug-likeness (QED) is 0.134. The summed E-state index contributed by atoms with van der Waals surface area (Å²) in [7, 11) is -10.1. The number of hydrogen-bond acceptors (Lipinski definition) is 14. The summed E-state index contributed by atoms with van der Waals surface area (Å²) in [5.41, 5.74) is 0. The molecule has 0 aromatic carbocycles. The summed E-state index contributed by atoms with van der Waals surface area (Å²) in [6.45, 7) is 0. The molecule has 18 unspecified atom stereocenters. The molecular weight excluding hydrogens is 712 g/mol. The van der Waals surface area contributed by atoms with Crippen LogP contribution < -0.4 is 42.5 Å². The van der Waals surface area contributed by atoms with Crippen LogP contribution >= 0.6 is 0 Å². The second-order valence-electron chi connectivity index (χ2n) is 16.8. The molecule has 17 heteroatoms. The van der Waals surface area contributed by atoms with Gasteiger partial charge < -0.3 is 9.11 Å². The smallest absolute Gasteiger partial charge is 0.748 e. The zero-order valence-electron chi connectivity index (χ0n) is 27.9. The first-order chi connectivity index (χ1) is 23.0. The Kier molecular flexibility index (Phi) is 10.1. The van der Waals surface area contributed by atoms with E-state index in [0.717, 1.165) is 44.9 Å². The Morgan fingerprint density at radius 1 is 0.367 bits per heavy atom. The number of fused-ring (bicyclic) bond motifs is 20. The van der Waals surface area contributed by atoms with Crippen LogP contribution in [0.25, 0.3) is 0 Å². The fourth-order valence-electron chi connectivity index (χ4n) is 12.7. The summed E-state index contributed by atoms with van der Waals surface area (Å²) >= 11 is 0. The van der Waals surface area contributed by atoms with E-state index in [0.29, 0.717) is 41.9 Å². The topological polar surface area (TPSA) is 211 Å². The molecule has 5 aliphatic heterocycles. The number of hydrogen-bond donors (Lipinski definition) is 8. The molecule has 4 aliphatic carbocycles. The number of nitrogens with one attached hydrogen (secondary N) is 8. The molecule has 8 N–H and O–H groups in total. The second-order valence-corrected chi connectivity index (χ2v) is 19.9. The van der Waals surface area contributed by atoms with Gasteiger partial charge in [-0.25, -0.2) is 16.8 Å². The standard InChI is InChI=1S/C32H56N8O6S2.Fe/c41-47(42,43)22-14-13-21-23(24(22)48(44,45)46)32-39-30-20-12-6-5-11-19(20)28(37-30)35-26-16-8-2-1-7-15(16)25(33-26)34-27-17-9-3-4-10-18(17)29(36-27)38-31(21)40-32;/h15-40H,1-14H2,(H,41,42,43)(H,44,45,46);/q;+2/p-2. The Morgan fingerprint density at radius 2 is 0.653 bits per heavy atom. The first kappa shape index (κ1) is 36.0. The maximum Gasteiger partial charge on any atom is 2.00 e. The van der Waals surface area contributed by atoms with Crippen LogP contribution in [0, 0.1) is 47.3 Å². The monoisotopic (exact) mass is 766 g/mol. The van der Waals surface area contributed by atoms with Crippen LogP contribution in [0.2, 0.25) is 0 Å². The Balaban J connectivity index is 0.00000348. The van der Waals surface area contributed by atoms with Crippen molar-refractivity contribution in [2.45, 2.75) is 150 Å². The van der Waals surface area contributed by atoms with Gasteiger partial charge in [0.2, 0.25) is 0 Å². The Bertz CT molecular complexity index is 1450. The minimum absolute atomic E-state index is 0. The molecule has 0 aromatic rings. The second kappa shape index (κ2) is 13.7. The molecule has 14 nitrogen and oxygen atoms in total. The van der Waals surface area contributed by atoms with Gasteiger partial charge in [-0.05, 0) is 92.8 Å². The number of rotatable bonds is 2. The molecule has 0 aromatic heterocycles. The summed E-state index contributed by atoms with van der Waals surface area (Å²) in [5, 5.41) is 27.7. The zero-order valence-corrected chi connectivity index (χ0v) is 30.6. The minimum atomic E-state index is -5.12. The summed E-state index contributed by atoms with van der Waals surface area (Å²) in [4.78, 5) is 0. The predicted octanol–water partition coefficient (Wildman–Crippen LogP) is -0.349. The van der Waals surface area contributed by atoms with E-state index in [-0.39, 0.29) is 72.6 Å². The molecule has 49 heavy (non-hydrogen) atoms. The van der Waals surface area contributed by atoms with Gasteiger partial charge in [0.25, 0.3) is 0 Å². The van der Waals surface area contributed by atoms with Crippen molar-refractivity contribution in [2.24, 2.45) is 47.3 Å². The van der Waals surface area contributed by atoms with Crippen LogP contribution in [0.5, 0.6) is 0 Å². The van der Waals surface area contributed by atoms with Crippen LogP contribution in [0.1, 0.15) is 89.9 Å². The minimum Gasteiger partial charge on any atom is -0.748 e. The molecule has 278 valence electrons. The van der Waals surface area contributed by atoms with Gasteiger partial charge in [-0.1, -0.05) is 38.5 Å². The molecule has 0 radical (unpaired) electrons. The van der Waals surface area contributed by atoms with Crippen molar-refractivity contribution >= 4 is 20.2 Å². The molecule has 8 bridgehead atoms. The SMILES string of the molecule is O=S(=O)([O-])C1CCC2C3NC4NC(NC5NC(NC6NC(NC(N3)C2C1S(=O)(=O)[O-])C1CCCCC61)C1CCCCC51)C1CCCCC41.[Fe+2]. The van der Waals surface area contributed by atoms with Gasteiger partial charge in [-0.15, -0.1) is 0 Å². The van der Waals surface area contributed by atoms with Crippen LogP contribution in [-0.2, 0) is 37.3 Å². The maximum absolute atomic E-state index is 13.0. The average molecular weight is 767 g/mol. The fraction of sp³-hybridized carbons (Fsp3) is 1.00. The van der Waals surface area contributed by atoms with Gasteiger partial charge in [0.15, 0.2) is 0 Å². The predicted molar refractivity (Wildman–Crippen MR) is 175 cm³/mol. The molecule has 5 saturated heterocycles. The molecule has 9 fully saturated rings. The Morgan fingerprint density at radius 3 is 0.939 bits per heavy atom. The van der Waals surface area contributed by atoms with Crippen LogP contribution in [0.15, 0.2) is 0 Å². The summed E-state index contributed by atoms with van der Waals surface area (Å²) in [6.07, 6.45) is 13.5. The third kappa shape index (κ3) is 6.40. The third-order valence-corrected chi connectivity index (χ3v) is 17.4. The van der Waals surface area contributed by atoms with E-state index in [4.69, 9.17) is 0 Å². The van der Waals surface area contributed by atoms with E-state index in [1.165, 1.54) is 32.1 Å². The first-order valence-electron chi connectivity index (χ1n) is 19.0. The van der Waals surface area contributed by atoms with Crippen molar-refractivity contribution in [3.63, 3.8) is 0 Å². The van der Waals surface area contributed by atoms with E-state index in [1.807, 2.05) is 0 Å². The molecule has 9 rings (SSSR count). The van der Waals surface area contributed by atoms with E-state index in [9.17, 15) is 25.9 Å². The van der Waals surface area contributed by atoms with E-state index >= 15 is 0 Å². The van der Waals surface area contributed by atoms with Crippen molar-refractivity contribution in [2.75, 3.05) is 0 Å².